The van der Waals surface area contributed by atoms with Crippen molar-refractivity contribution in [3.05, 3.63) is 57.5 Å². The lowest BCUT2D eigenvalue weighted by Gasteiger charge is -2.16. The summed E-state index contributed by atoms with van der Waals surface area (Å²) in [7, 11) is 0. The van der Waals surface area contributed by atoms with E-state index in [2.05, 4.69) is 15.0 Å². The van der Waals surface area contributed by atoms with Crippen LogP contribution in [0.1, 0.15) is 28.7 Å². The van der Waals surface area contributed by atoms with Crippen LogP contribution in [0.5, 0.6) is 0 Å². The molecular weight excluding hydrogens is 299 g/mol. The fourth-order valence-electron chi connectivity index (χ4n) is 2.36. The molecular formula is C16H15FN4O2. The summed E-state index contributed by atoms with van der Waals surface area (Å²) in [6.45, 7) is 5.25. The van der Waals surface area contributed by atoms with Crippen molar-refractivity contribution in [2.24, 2.45) is 5.11 Å². The van der Waals surface area contributed by atoms with E-state index in [-0.39, 0.29) is 17.9 Å². The summed E-state index contributed by atoms with van der Waals surface area (Å²) in [6, 6.07) is 5.58. The Kier molecular flexibility index (Phi) is 4.93. The van der Waals surface area contributed by atoms with E-state index in [0.29, 0.717) is 22.5 Å². The summed E-state index contributed by atoms with van der Waals surface area (Å²) >= 11 is 0. The summed E-state index contributed by atoms with van der Waals surface area (Å²) in [5.41, 5.74) is 11.1. The molecule has 2 aromatic rings. The van der Waals surface area contributed by atoms with Gasteiger partial charge in [0.25, 0.3) is 0 Å². The van der Waals surface area contributed by atoms with Gasteiger partial charge in [-0.25, -0.2) is 9.18 Å². The number of nitrogens with zero attached hydrogens (tertiary/aromatic N) is 4. The number of carbonyl (C=O) groups excluding carboxylic acids is 1. The third kappa shape index (κ3) is 3.30. The average Bonchev–Trinajstić information content (AvgIpc) is 2.50. The van der Waals surface area contributed by atoms with Gasteiger partial charge in [-0.3, -0.25) is 4.98 Å². The molecule has 1 aromatic carbocycles. The Bertz CT molecular complexity index is 797. The molecule has 0 radical (unpaired) electrons. The van der Waals surface area contributed by atoms with Crippen LogP contribution >= 0.6 is 0 Å². The van der Waals surface area contributed by atoms with Crippen LogP contribution < -0.4 is 0 Å². The van der Waals surface area contributed by atoms with Gasteiger partial charge in [-0.05, 0) is 44.0 Å². The average molecular weight is 314 g/mol. The van der Waals surface area contributed by atoms with E-state index < -0.39 is 11.8 Å². The fraction of sp³-hybridized carbons (Fsp3) is 0.250. The number of hydrogen-bond donors (Lipinski definition) is 0. The molecule has 0 bridgehead atoms. The number of hydrogen-bond acceptors (Lipinski definition) is 4. The van der Waals surface area contributed by atoms with Crippen molar-refractivity contribution in [1.82, 2.24) is 4.98 Å². The Labute approximate surface area is 132 Å². The normalized spacial score (nSPS) is 10.1. The highest BCUT2D eigenvalue weighted by atomic mass is 19.1. The van der Waals surface area contributed by atoms with Crippen molar-refractivity contribution in [3.63, 3.8) is 0 Å². The second-order valence-corrected chi connectivity index (χ2v) is 4.80. The van der Waals surface area contributed by atoms with E-state index in [4.69, 9.17) is 10.3 Å². The maximum absolute atomic E-state index is 13.2. The van der Waals surface area contributed by atoms with Gasteiger partial charge >= 0.3 is 5.97 Å². The van der Waals surface area contributed by atoms with Crippen molar-refractivity contribution >= 4 is 11.7 Å². The molecule has 1 aromatic heterocycles. The number of aryl methyl sites for hydroxylation is 2. The van der Waals surface area contributed by atoms with Gasteiger partial charge in [-0.1, -0.05) is 17.2 Å². The number of azide groups is 1. The molecule has 0 spiro atoms. The largest absolute Gasteiger partial charge is 0.462 e. The van der Waals surface area contributed by atoms with Crippen molar-refractivity contribution in [2.75, 3.05) is 6.61 Å². The summed E-state index contributed by atoms with van der Waals surface area (Å²) in [5.74, 6) is -0.967. The first-order chi connectivity index (χ1) is 11.0. The Hall–Kier alpha value is -2.92. The molecule has 0 atom stereocenters. The molecule has 0 fully saturated rings. The minimum Gasteiger partial charge on any atom is -0.462 e. The summed E-state index contributed by atoms with van der Waals surface area (Å²) in [6.07, 6.45) is 0. The molecule has 118 valence electrons. The maximum Gasteiger partial charge on any atom is 0.340 e. The first kappa shape index (κ1) is 16.5. The molecule has 0 N–H and O–H groups in total. The van der Waals surface area contributed by atoms with Crippen LogP contribution in [-0.4, -0.2) is 17.6 Å². The van der Waals surface area contributed by atoms with Crippen molar-refractivity contribution < 1.29 is 13.9 Å². The van der Waals surface area contributed by atoms with E-state index in [1.54, 1.807) is 20.8 Å². The topological polar surface area (TPSA) is 88.0 Å². The first-order valence-corrected chi connectivity index (χ1v) is 6.99. The van der Waals surface area contributed by atoms with Crippen LogP contribution in [0, 0.1) is 19.7 Å². The Morgan fingerprint density at radius 2 is 1.96 bits per heavy atom. The van der Waals surface area contributed by atoms with Gasteiger partial charge in [0.05, 0.1) is 23.6 Å². The third-order valence-electron chi connectivity index (χ3n) is 3.28. The number of ether oxygens (including phenoxy) is 1. The van der Waals surface area contributed by atoms with Crippen LogP contribution in [0.3, 0.4) is 0 Å². The molecule has 0 aliphatic heterocycles. The van der Waals surface area contributed by atoms with Gasteiger partial charge in [0.1, 0.15) is 5.82 Å². The van der Waals surface area contributed by atoms with Crippen molar-refractivity contribution in [2.45, 2.75) is 20.8 Å². The van der Waals surface area contributed by atoms with E-state index in [0.717, 1.165) is 0 Å². The van der Waals surface area contributed by atoms with Crippen LogP contribution in [-0.2, 0) is 4.74 Å². The van der Waals surface area contributed by atoms with Gasteiger partial charge in [0, 0.05) is 16.2 Å². The highest BCUT2D eigenvalue weighted by molar-refractivity contribution is 6.01. The summed E-state index contributed by atoms with van der Waals surface area (Å²) in [4.78, 5) is 19.4. The highest BCUT2D eigenvalue weighted by Crippen LogP contribution is 2.37. The standard InChI is InChI=1S/C16H15FN4O2/c1-4-23-16(22)13-9(2)19-10(3)15(20-21-18)14(13)11-5-7-12(17)8-6-11/h5-8H,4H2,1-3H3. The molecule has 23 heavy (non-hydrogen) atoms. The SMILES string of the molecule is CCOC(=O)c1c(C)nc(C)c(N=[N+]=[N-])c1-c1ccc(F)cc1. The summed E-state index contributed by atoms with van der Waals surface area (Å²) < 4.78 is 18.3. The zero-order valence-corrected chi connectivity index (χ0v) is 13.0. The van der Waals surface area contributed by atoms with Gasteiger partial charge in [-0.15, -0.1) is 0 Å². The smallest absolute Gasteiger partial charge is 0.340 e. The zero-order valence-electron chi connectivity index (χ0n) is 13.0. The van der Waals surface area contributed by atoms with Gasteiger partial charge < -0.3 is 4.74 Å². The monoisotopic (exact) mass is 314 g/mol. The van der Waals surface area contributed by atoms with Crippen LogP contribution in [0.4, 0.5) is 10.1 Å². The van der Waals surface area contributed by atoms with Gasteiger partial charge in [0.15, 0.2) is 0 Å². The predicted octanol–water partition coefficient (Wildman–Crippen LogP) is 4.62. The Balaban J connectivity index is 2.84. The minimum atomic E-state index is -0.564. The van der Waals surface area contributed by atoms with Crippen molar-refractivity contribution in [3.8, 4) is 11.1 Å². The number of rotatable bonds is 4. The van der Waals surface area contributed by atoms with E-state index in [9.17, 15) is 9.18 Å². The third-order valence-corrected chi connectivity index (χ3v) is 3.28. The van der Waals surface area contributed by atoms with Crippen molar-refractivity contribution in [1.29, 1.82) is 0 Å². The van der Waals surface area contributed by atoms with Crippen LogP contribution in [0.25, 0.3) is 21.6 Å². The number of halogens is 1. The summed E-state index contributed by atoms with van der Waals surface area (Å²) in [5, 5.41) is 3.67. The first-order valence-electron chi connectivity index (χ1n) is 6.99. The number of pyridine rings is 1. The van der Waals surface area contributed by atoms with E-state index >= 15 is 0 Å². The lowest BCUT2D eigenvalue weighted by Crippen LogP contribution is -2.11. The minimum absolute atomic E-state index is 0.200. The highest BCUT2D eigenvalue weighted by Gasteiger charge is 2.23. The Morgan fingerprint density at radius 1 is 1.30 bits per heavy atom. The molecule has 7 heteroatoms. The lowest BCUT2D eigenvalue weighted by atomic mass is 9.96. The van der Waals surface area contributed by atoms with Gasteiger partial charge in [0.2, 0.25) is 0 Å². The Morgan fingerprint density at radius 3 is 2.52 bits per heavy atom. The predicted molar refractivity (Wildman–Crippen MR) is 83.9 cm³/mol. The molecule has 6 nitrogen and oxygen atoms in total. The van der Waals surface area contributed by atoms with E-state index in [1.807, 2.05) is 0 Å². The lowest BCUT2D eigenvalue weighted by molar-refractivity contribution is 0.0526. The molecule has 0 saturated carbocycles. The molecule has 2 rings (SSSR count). The number of aromatic nitrogens is 1. The molecule has 1 heterocycles. The molecule has 0 unspecified atom stereocenters. The number of carbonyl (C=O) groups is 1. The molecule has 0 amide bonds. The maximum atomic E-state index is 13.2. The second-order valence-electron chi connectivity index (χ2n) is 4.80. The zero-order chi connectivity index (χ0) is 17.0. The van der Waals surface area contributed by atoms with Gasteiger partial charge in [-0.2, -0.15) is 0 Å². The number of benzene rings is 1. The van der Waals surface area contributed by atoms with Crippen LogP contribution in [0.15, 0.2) is 29.4 Å². The van der Waals surface area contributed by atoms with Crippen LogP contribution in [0.2, 0.25) is 0 Å². The second kappa shape index (κ2) is 6.89. The number of esters is 1. The fourth-order valence-corrected chi connectivity index (χ4v) is 2.36. The van der Waals surface area contributed by atoms with E-state index in [1.165, 1.54) is 24.3 Å². The molecule has 0 aliphatic rings. The quantitative estimate of drug-likeness (QED) is 0.357. The molecule has 0 aliphatic carbocycles. The molecule has 0 saturated heterocycles.